The zero-order chi connectivity index (χ0) is 12.8. The Morgan fingerprint density at radius 3 is 2.71 bits per heavy atom. The number of ether oxygens (including phenoxy) is 1. The van der Waals surface area contributed by atoms with Gasteiger partial charge in [-0.1, -0.05) is 13.0 Å². The molecule has 1 aromatic rings. The van der Waals surface area contributed by atoms with Crippen LogP contribution < -0.4 is 10.1 Å². The summed E-state index contributed by atoms with van der Waals surface area (Å²) in [5.41, 5.74) is 0.913. The van der Waals surface area contributed by atoms with Crippen LogP contribution in [0.3, 0.4) is 0 Å². The normalized spacial score (nSPS) is 14.4. The summed E-state index contributed by atoms with van der Waals surface area (Å²) in [4.78, 5) is 0. The molecule has 1 aromatic carbocycles. The lowest BCUT2D eigenvalue weighted by Gasteiger charge is -2.14. The summed E-state index contributed by atoms with van der Waals surface area (Å²) in [7, 11) is 1.82. The first kappa shape index (κ1) is 13.9. The van der Waals surface area contributed by atoms with Crippen molar-refractivity contribution in [2.45, 2.75) is 32.5 Å². The first-order valence-corrected chi connectivity index (χ1v) is 5.82. The number of alkyl halides is 1. The van der Waals surface area contributed by atoms with Crippen molar-refractivity contribution in [1.82, 2.24) is 5.32 Å². The summed E-state index contributed by atoms with van der Waals surface area (Å²) >= 11 is 0. The Morgan fingerprint density at radius 1 is 1.41 bits per heavy atom. The highest BCUT2D eigenvalue weighted by Crippen LogP contribution is 2.23. The molecule has 2 nitrogen and oxygen atoms in total. The lowest BCUT2D eigenvalue weighted by atomic mass is 10.1. The molecule has 1 rings (SSSR count). The average Bonchev–Trinajstić information content (AvgIpc) is 2.36. The molecule has 1 unspecified atom stereocenters. The van der Waals surface area contributed by atoms with Gasteiger partial charge in [0.1, 0.15) is 12.8 Å². The molecule has 0 heterocycles. The summed E-state index contributed by atoms with van der Waals surface area (Å²) in [6.07, 6.45) is -0.686. The molecule has 0 saturated heterocycles. The largest absolute Gasteiger partial charge is 0.487 e. The molecule has 0 aliphatic rings. The lowest BCUT2D eigenvalue weighted by molar-refractivity contribution is 0.186. The minimum Gasteiger partial charge on any atom is -0.487 e. The number of nitrogens with one attached hydrogen (secondary N) is 1. The second-order valence-electron chi connectivity index (χ2n) is 4.02. The molecule has 1 N–H and O–H groups in total. The first-order chi connectivity index (χ1) is 8.08. The SMILES string of the molecule is CCC(F)COc1cc([C@@H](C)NC)ccc1F. The van der Waals surface area contributed by atoms with E-state index in [-0.39, 0.29) is 18.4 Å². The van der Waals surface area contributed by atoms with Gasteiger partial charge < -0.3 is 10.1 Å². The third kappa shape index (κ3) is 3.97. The predicted molar refractivity (Wildman–Crippen MR) is 64.6 cm³/mol. The highest BCUT2D eigenvalue weighted by atomic mass is 19.1. The van der Waals surface area contributed by atoms with Crippen molar-refractivity contribution in [3.63, 3.8) is 0 Å². The molecule has 17 heavy (non-hydrogen) atoms. The molecular weight excluding hydrogens is 224 g/mol. The molecule has 0 spiro atoms. The fraction of sp³-hybridized carbons (Fsp3) is 0.538. The van der Waals surface area contributed by atoms with E-state index in [0.717, 1.165) is 5.56 Å². The molecule has 0 aliphatic carbocycles. The monoisotopic (exact) mass is 243 g/mol. The molecule has 96 valence electrons. The molecule has 0 aliphatic heterocycles. The van der Waals surface area contributed by atoms with Gasteiger partial charge in [0.05, 0.1) is 0 Å². The van der Waals surface area contributed by atoms with Crippen LogP contribution in [0.25, 0.3) is 0 Å². The summed E-state index contributed by atoms with van der Waals surface area (Å²) in [6.45, 7) is 3.58. The number of hydrogen-bond acceptors (Lipinski definition) is 2. The fourth-order valence-electron chi connectivity index (χ4n) is 1.36. The summed E-state index contributed by atoms with van der Waals surface area (Å²) in [6, 6.07) is 4.75. The number of halogens is 2. The summed E-state index contributed by atoms with van der Waals surface area (Å²) in [5.74, 6) is -0.346. The second kappa shape index (κ2) is 6.55. The van der Waals surface area contributed by atoms with Gasteiger partial charge in [0, 0.05) is 6.04 Å². The van der Waals surface area contributed by atoms with E-state index < -0.39 is 12.0 Å². The Bertz CT molecular complexity index is 357. The maximum Gasteiger partial charge on any atom is 0.165 e. The van der Waals surface area contributed by atoms with Gasteiger partial charge in [-0.05, 0) is 38.1 Å². The fourth-order valence-corrected chi connectivity index (χ4v) is 1.36. The average molecular weight is 243 g/mol. The maximum absolute atomic E-state index is 13.4. The zero-order valence-electron chi connectivity index (χ0n) is 10.5. The molecule has 0 bridgehead atoms. The van der Waals surface area contributed by atoms with Crippen LogP contribution in [0.1, 0.15) is 31.9 Å². The van der Waals surface area contributed by atoms with Gasteiger partial charge >= 0.3 is 0 Å². The van der Waals surface area contributed by atoms with Crippen molar-refractivity contribution in [3.05, 3.63) is 29.6 Å². The van der Waals surface area contributed by atoms with Gasteiger partial charge in [-0.3, -0.25) is 0 Å². The Morgan fingerprint density at radius 2 is 2.12 bits per heavy atom. The number of hydrogen-bond donors (Lipinski definition) is 1. The first-order valence-electron chi connectivity index (χ1n) is 5.82. The van der Waals surface area contributed by atoms with Gasteiger partial charge in [0.2, 0.25) is 0 Å². The third-order valence-electron chi connectivity index (χ3n) is 2.75. The standard InChI is InChI=1S/C13H19F2NO/c1-4-11(14)8-17-13-7-10(9(2)16-3)5-6-12(13)15/h5-7,9,11,16H,4,8H2,1-3H3/t9-,11?/m1/s1. The molecule has 2 atom stereocenters. The third-order valence-corrected chi connectivity index (χ3v) is 2.75. The van der Waals surface area contributed by atoms with E-state index in [1.807, 2.05) is 14.0 Å². The molecule has 4 heteroatoms. The molecule has 0 fully saturated rings. The van der Waals surface area contributed by atoms with Gasteiger partial charge in [-0.2, -0.15) is 0 Å². The van der Waals surface area contributed by atoms with E-state index in [1.165, 1.54) is 6.07 Å². The van der Waals surface area contributed by atoms with Crippen molar-refractivity contribution in [2.75, 3.05) is 13.7 Å². The van der Waals surface area contributed by atoms with E-state index in [2.05, 4.69) is 5.32 Å². The Balaban J connectivity index is 2.76. The van der Waals surface area contributed by atoms with Crippen LogP contribution in [-0.4, -0.2) is 19.8 Å². The van der Waals surface area contributed by atoms with Crippen molar-refractivity contribution in [2.24, 2.45) is 0 Å². The van der Waals surface area contributed by atoms with Crippen LogP contribution in [0.4, 0.5) is 8.78 Å². The van der Waals surface area contributed by atoms with E-state index in [1.54, 1.807) is 19.1 Å². The van der Waals surface area contributed by atoms with Gasteiger partial charge in [-0.25, -0.2) is 8.78 Å². The van der Waals surface area contributed by atoms with E-state index >= 15 is 0 Å². The molecule has 0 aromatic heterocycles. The second-order valence-corrected chi connectivity index (χ2v) is 4.02. The van der Waals surface area contributed by atoms with Gasteiger partial charge in [-0.15, -0.1) is 0 Å². The molecule has 0 saturated carbocycles. The molecule has 0 amide bonds. The maximum atomic E-state index is 13.4. The van der Waals surface area contributed by atoms with Crippen LogP contribution in [-0.2, 0) is 0 Å². The Kier molecular flexibility index (Phi) is 5.35. The van der Waals surface area contributed by atoms with Crippen LogP contribution in [0.2, 0.25) is 0 Å². The topological polar surface area (TPSA) is 21.3 Å². The van der Waals surface area contributed by atoms with Crippen molar-refractivity contribution >= 4 is 0 Å². The Hall–Kier alpha value is -1.16. The highest BCUT2D eigenvalue weighted by Gasteiger charge is 2.11. The molecular formula is C13H19F2NO. The summed E-state index contributed by atoms with van der Waals surface area (Å²) < 4.78 is 31.6. The predicted octanol–water partition coefficient (Wildman–Crippen LogP) is 3.23. The van der Waals surface area contributed by atoms with Crippen LogP contribution in [0.5, 0.6) is 5.75 Å². The molecule has 0 radical (unpaired) electrons. The Labute approximate surface area is 101 Å². The van der Waals surface area contributed by atoms with E-state index in [0.29, 0.717) is 6.42 Å². The lowest BCUT2D eigenvalue weighted by Crippen LogP contribution is -2.14. The van der Waals surface area contributed by atoms with Crippen LogP contribution >= 0.6 is 0 Å². The highest BCUT2D eigenvalue weighted by molar-refractivity contribution is 5.32. The van der Waals surface area contributed by atoms with E-state index in [4.69, 9.17) is 4.74 Å². The van der Waals surface area contributed by atoms with Crippen molar-refractivity contribution in [3.8, 4) is 5.75 Å². The quantitative estimate of drug-likeness (QED) is 0.828. The van der Waals surface area contributed by atoms with Crippen LogP contribution in [0, 0.1) is 5.82 Å². The smallest absolute Gasteiger partial charge is 0.165 e. The van der Waals surface area contributed by atoms with Crippen molar-refractivity contribution < 1.29 is 13.5 Å². The minimum absolute atomic E-state index is 0.102. The van der Waals surface area contributed by atoms with Crippen molar-refractivity contribution in [1.29, 1.82) is 0 Å². The summed E-state index contributed by atoms with van der Waals surface area (Å²) in [5, 5.41) is 3.05. The number of benzene rings is 1. The van der Waals surface area contributed by atoms with Gasteiger partial charge in [0.15, 0.2) is 11.6 Å². The minimum atomic E-state index is -1.06. The van der Waals surface area contributed by atoms with Crippen LogP contribution in [0.15, 0.2) is 18.2 Å². The number of rotatable bonds is 6. The van der Waals surface area contributed by atoms with E-state index in [9.17, 15) is 8.78 Å². The van der Waals surface area contributed by atoms with Gasteiger partial charge in [0.25, 0.3) is 0 Å². The zero-order valence-corrected chi connectivity index (χ0v) is 10.5.